The SMILES string of the molecule is O=C(NCc1ccc(C(F)(F)F)c(-c2nc(C(F)(F)F)cc(=O)[nH]2)c1)C1CCN(c2ccc(C(F)(F)F)cn2)CC1. The summed E-state index contributed by atoms with van der Waals surface area (Å²) in [6, 6.07) is 4.81. The summed E-state index contributed by atoms with van der Waals surface area (Å²) < 4.78 is 118. The summed E-state index contributed by atoms with van der Waals surface area (Å²) in [5.74, 6) is -1.56. The van der Waals surface area contributed by atoms with Gasteiger partial charge in [-0.25, -0.2) is 9.97 Å². The van der Waals surface area contributed by atoms with E-state index >= 15 is 0 Å². The Morgan fingerprint density at radius 3 is 2.17 bits per heavy atom. The van der Waals surface area contributed by atoms with Gasteiger partial charge in [0.2, 0.25) is 5.91 Å². The van der Waals surface area contributed by atoms with Crippen LogP contribution >= 0.6 is 0 Å². The smallest absolute Gasteiger partial charge is 0.357 e. The number of halogens is 9. The van der Waals surface area contributed by atoms with Gasteiger partial charge in [0.25, 0.3) is 5.56 Å². The third-order valence-electron chi connectivity index (χ3n) is 6.41. The molecule has 7 nitrogen and oxygen atoms in total. The first-order valence-corrected chi connectivity index (χ1v) is 12.0. The van der Waals surface area contributed by atoms with Crippen LogP contribution in [0.3, 0.4) is 0 Å². The molecule has 3 heterocycles. The fraction of sp³-hybridized carbons (Fsp3) is 0.360. The number of benzene rings is 1. The Balaban J connectivity index is 1.45. The Morgan fingerprint density at radius 1 is 0.927 bits per heavy atom. The number of carbonyl (C=O) groups is 1. The molecule has 0 aliphatic carbocycles. The first kappa shape index (κ1) is 29.9. The average Bonchev–Trinajstić information content (AvgIpc) is 2.90. The average molecular weight is 593 g/mol. The van der Waals surface area contributed by atoms with Crippen LogP contribution in [0.15, 0.2) is 47.4 Å². The van der Waals surface area contributed by atoms with Gasteiger partial charge in [-0.15, -0.1) is 0 Å². The van der Waals surface area contributed by atoms with Crippen molar-refractivity contribution in [2.75, 3.05) is 18.0 Å². The third-order valence-corrected chi connectivity index (χ3v) is 6.41. The fourth-order valence-corrected chi connectivity index (χ4v) is 4.32. The van der Waals surface area contributed by atoms with Gasteiger partial charge in [-0.05, 0) is 42.7 Å². The van der Waals surface area contributed by atoms with Crippen molar-refractivity contribution in [3.05, 3.63) is 75.3 Å². The summed E-state index contributed by atoms with van der Waals surface area (Å²) in [5.41, 5.74) is -5.89. The number of rotatable bonds is 5. The molecule has 3 aromatic rings. The molecule has 1 aliphatic rings. The second-order valence-corrected chi connectivity index (χ2v) is 9.24. The maximum absolute atomic E-state index is 13.6. The lowest BCUT2D eigenvalue weighted by molar-refractivity contribution is -0.141. The molecule has 1 fully saturated rings. The molecule has 2 aromatic heterocycles. The van der Waals surface area contributed by atoms with Crippen LogP contribution < -0.4 is 15.8 Å². The quantitative estimate of drug-likeness (QED) is 0.386. The number of carbonyl (C=O) groups excluding carboxylic acids is 1. The van der Waals surface area contributed by atoms with Crippen LogP contribution in [-0.4, -0.2) is 33.9 Å². The Hall–Kier alpha value is -4.11. The second kappa shape index (κ2) is 11.0. The minimum atomic E-state index is -5.08. The van der Waals surface area contributed by atoms with Crippen molar-refractivity contribution in [2.24, 2.45) is 5.92 Å². The lowest BCUT2D eigenvalue weighted by Gasteiger charge is -2.32. The van der Waals surface area contributed by atoms with Gasteiger partial charge in [-0.3, -0.25) is 9.59 Å². The maximum atomic E-state index is 13.6. The highest BCUT2D eigenvalue weighted by molar-refractivity contribution is 5.79. The molecule has 0 atom stereocenters. The molecule has 220 valence electrons. The van der Waals surface area contributed by atoms with Crippen LogP contribution in [0.25, 0.3) is 11.4 Å². The van der Waals surface area contributed by atoms with Crippen molar-refractivity contribution in [2.45, 2.75) is 37.9 Å². The van der Waals surface area contributed by atoms with Gasteiger partial charge in [-0.2, -0.15) is 39.5 Å². The number of H-pyrrole nitrogens is 1. The molecular formula is C25H20F9N5O2. The van der Waals surface area contributed by atoms with Crippen molar-refractivity contribution in [3.63, 3.8) is 0 Å². The number of nitrogens with zero attached hydrogens (tertiary/aromatic N) is 3. The molecule has 1 aromatic carbocycles. The van der Waals surface area contributed by atoms with Gasteiger partial charge >= 0.3 is 18.5 Å². The van der Waals surface area contributed by atoms with Crippen molar-refractivity contribution in [3.8, 4) is 11.4 Å². The van der Waals surface area contributed by atoms with Gasteiger partial charge in [0.1, 0.15) is 11.6 Å². The monoisotopic (exact) mass is 593 g/mol. The molecular weight excluding hydrogens is 573 g/mol. The molecule has 16 heteroatoms. The van der Waals surface area contributed by atoms with Crippen LogP contribution in [0, 0.1) is 5.92 Å². The van der Waals surface area contributed by atoms with Crippen LogP contribution in [0.4, 0.5) is 45.3 Å². The van der Waals surface area contributed by atoms with Crippen molar-refractivity contribution in [1.29, 1.82) is 0 Å². The molecule has 2 N–H and O–H groups in total. The molecule has 0 radical (unpaired) electrons. The lowest BCUT2D eigenvalue weighted by atomic mass is 9.95. The Bertz CT molecular complexity index is 1460. The predicted molar refractivity (Wildman–Crippen MR) is 126 cm³/mol. The highest BCUT2D eigenvalue weighted by Crippen LogP contribution is 2.37. The predicted octanol–water partition coefficient (Wildman–Crippen LogP) is 5.42. The number of aromatic nitrogens is 3. The van der Waals surface area contributed by atoms with E-state index in [0.29, 0.717) is 37.8 Å². The maximum Gasteiger partial charge on any atom is 0.433 e. The van der Waals surface area contributed by atoms with E-state index in [-0.39, 0.29) is 18.2 Å². The zero-order chi connectivity index (χ0) is 30.2. The molecule has 1 amide bonds. The number of anilines is 1. The van der Waals surface area contributed by atoms with Gasteiger partial charge < -0.3 is 15.2 Å². The number of nitrogens with one attached hydrogen (secondary N) is 2. The van der Waals surface area contributed by atoms with Crippen molar-refractivity contribution >= 4 is 11.7 Å². The minimum Gasteiger partial charge on any atom is -0.357 e. The summed E-state index contributed by atoms with van der Waals surface area (Å²) in [6.07, 6.45) is -13.2. The normalized spacial score (nSPS) is 15.2. The number of hydrogen-bond donors (Lipinski definition) is 2. The molecule has 41 heavy (non-hydrogen) atoms. The summed E-state index contributed by atoms with van der Waals surface area (Å²) in [6.45, 7) is 0.360. The third kappa shape index (κ3) is 7.16. The number of amides is 1. The van der Waals surface area contributed by atoms with Gasteiger partial charge in [0.15, 0.2) is 5.69 Å². The fourth-order valence-electron chi connectivity index (χ4n) is 4.32. The summed E-state index contributed by atoms with van der Waals surface area (Å²) in [4.78, 5) is 35.1. The first-order valence-electron chi connectivity index (χ1n) is 12.0. The summed E-state index contributed by atoms with van der Waals surface area (Å²) >= 11 is 0. The number of pyridine rings is 1. The molecule has 4 rings (SSSR count). The summed E-state index contributed by atoms with van der Waals surface area (Å²) in [7, 11) is 0. The molecule has 1 aliphatic heterocycles. The molecule has 0 saturated carbocycles. The first-order chi connectivity index (χ1) is 19.0. The Labute approximate surface area is 225 Å². The standard InChI is InChI=1S/C25H20F9N5O2/c26-23(27,28)15-2-4-19(35-12-15)39-7-5-14(6-8-39)22(41)36-11-13-1-3-17(24(29,30)31)16(9-13)21-37-18(25(32,33)34)10-20(40)38-21/h1-4,9-10,12,14H,5-8,11H2,(H,36,41)(H,37,38,40). The van der Waals surface area contributed by atoms with Crippen LogP contribution in [0.5, 0.6) is 0 Å². The van der Waals surface area contributed by atoms with Crippen LogP contribution in [0.2, 0.25) is 0 Å². The lowest BCUT2D eigenvalue weighted by Crippen LogP contribution is -2.40. The number of alkyl halides is 9. The van der Waals surface area contributed by atoms with E-state index in [2.05, 4.69) is 15.3 Å². The van der Waals surface area contributed by atoms with E-state index in [0.717, 1.165) is 24.4 Å². The second-order valence-electron chi connectivity index (χ2n) is 9.24. The molecule has 0 bridgehead atoms. The van der Waals surface area contributed by atoms with E-state index in [1.54, 1.807) is 4.90 Å². The van der Waals surface area contributed by atoms with E-state index < -0.39 is 64.1 Å². The van der Waals surface area contributed by atoms with Crippen LogP contribution in [0.1, 0.15) is 35.2 Å². The van der Waals surface area contributed by atoms with Crippen molar-refractivity contribution < 1.29 is 44.3 Å². The molecule has 1 saturated heterocycles. The van der Waals surface area contributed by atoms with Gasteiger partial charge in [0.05, 0.1) is 11.1 Å². The molecule has 0 spiro atoms. The van der Waals surface area contributed by atoms with Crippen molar-refractivity contribution in [1.82, 2.24) is 20.3 Å². The summed E-state index contributed by atoms with van der Waals surface area (Å²) in [5, 5.41) is 2.58. The highest BCUT2D eigenvalue weighted by atomic mass is 19.4. The zero-order valence-corrected chi connectivity index (χ0v) is 20.7. The van der Waals surface area contributed by atoms with Crippen LogP contribution in [-0.2, 0) is 29.9 Å². The number of hydrogen-bond acceptors (Lipinski definition) is 5. The van der Waals surface area contributed by atoms with Gasteiger partial charge in [0, 0.05) is 43.4 Å². The van der Waals surface area contributed by atoms with E-state index in [1.807, 2.05) is 4.98 Å². The Morgan fingerprint density at radius 2 is 1.61 bits per heavy atom. The van der Waals surface area contributed by atoms with E-state index in [1.165, 1.54) is 6.07 Å². The van der Waals surface area contributed by atoms with E-state index in [4.69, 9.17) is 0 Å². The Kier molecular flexibility index (Phi) is 8.05. The largest absolute Gasteiger partial charge is 0.433 e. The van der Waals surface area contributed by atoms with Gasteiger partial charge in [-0.1, -0.05) is 6.07 Å². The number of aromatic amines is 1. The topological polar surface area (TPSA) is 91.0 Å². The number of piperidine rings is 1. The zero-order valence-electron chi connectivity index (χ0n) is 20.7. The van der Waals surface area contributed by atoms with E-state index in [9.17, 15) is 49.1 Å². The molecule has 0 unspecified atom stereocenters. The highest BCUT2D eigenvalue weighted by Gasteiger charge is 2.37. The minimum absolute atomic E-state index is 0.104.